The van der Waals surface area contributed by atoms with Gasteiger partial charge in [-0.15, -0.1) is 0 Å². The monoisotopic (exact) mass is 334 g/mol. The fourth-order valence-electron chi connectivity index (χ4n) is 4.10. The van der Waals surface area contributed by atoms with Crippen LogP contribution in [0, 0.1) is 0 Å². The lowest BCUT2D eigenvalue weighted by Gasteiger charge is -2.32. The van der Waals surface area contributed by atoms with E-state index in [2.05, 4.69) is 5.32 Å². The molecular formula is C18H26N2O4. The van der Waals surface area contributed by atoms with Crippen molar-refractivity contribution in [2.24, 2.45) is 0 Å². The first-order valence-corrected chi connectivity index (χ1v) is 8.37. The lowest BCUT2D eigenvalue weighted by atomic mass is 9.92. The van der Waals surface area contributed by atoms with Crippen LogP contribution in [0.15, 0.2) is 18.2 Å². The fraction of sp³-hybridized carbons (Fsp3) is 0.611. The summed E-state index contributed by atoms with van der Waals surface area (Å²) in [7, 11) is 4.80. The van der Waals surface area contributed by atoms with Crippen molar-refractivity contribution in [2.45, 2.75) is 50.2 Å². The summed E-state index contributed by atoms with van der Waals surface area (Å²) in [5, 5.41) is 5.14. The number of nitrogens with one attached hydrogen (secondary N) is 1. The van der Waals surface area contributed by atoms with Gasteiger partial charge in [0.05, 0.1) is 21.3 Å². The molecule has 132 valence electrons. The number of amides is 1. The molecule has 1 spiro atoms. The smallest absolute Gasteiger partial charge is 0.268 e. The SMILES string of the molecule is COc1ccc(C[C@]2(C)NC3(CCCC3)N(OC)C2=O)cc1OC. The van der Waals surface area contributed by atoms with Crippen LogP contribution >= 0.6 is 0 Å². The van der Waals surface area contributed by atoms with Crippen molar-refractivity contribution < 1.29 is 19.1 Å². The zero-order valence-corrected chi connectivity index (χ0v) is 14.8. The second kappa shape index (κ2) is 6.26. The van der Waals surface area contributed by atoms with Crippen LogP contribution in [0.4, 0.5) is 0 Å². The van der Waals surface area contributed by atoms with Crippen molar-refractivity contribution in [3.05, 3.63) is 23.8 Å². The first-order valence-electron chi connectivity index (χ1n) is 8.37. The van der Waals surface area contributed by atoms with Gasteiger partial charge in [0.15, 0.2) is 11.5 Å². The second-order valence-electron chi connectivity index (χ2n) is 6.84. The van der Waals surface area contributed by atoms with Gasteiger partial charge in [-0.1, -0.05) is 6.07 Å². The number of nitrogens with zero attached hydrogens (tertiary/aromatic N) is 1. The van der Waals surface area contributed by atoms with Crippen LogP contribution in [-0.2, 0) is 16.1 Å². The number of benzene rings is 1. The molecule has 24 heavy (non-hydrogen) atoms. The number of hydrogen-bond donors (Lipinski definition) is 1. The van der Waals surface area contributed by atoms with Crippen LogP contribution in [0.25, 0.3) is 0 Å². The maximum atomic E-state index is 13.0. The minimum Gasteiger partial charge on any atom is -0.493 e. The van der Waals surface area contributed by atoms with Gasteiger partial charge in [0.2, 0.25) is 0 Å². The Bertz CT molecular complexity index is 627. The average molecular weight is 334 g/mol. The minimum absolute atomic E-state index is 0.0123. The highest BCUT2D eigenvalue weighted by molar-refractivity contribution is 5.88. The molecule has 1 heterocycles. The Morgan fingerprint density at radius 2 is 1.79 bits per heavy atom. The van der Waals surface area contributed by atoms with Gasteiger partial charge in [0.1, 0.15) is 11.2 Å². The lowest BCUT2D eigenvalue weighted by molar-refractivity contribution is -0.198. The van der Waals surface area contributed by atoms with Crippen molar-refractivity contribution in [3.63, 3.8) is 0 Å². The molecular weight excluding hydrogens is 308 g/mol. The maximum Gasteiger partial charge on any atom is 0.268 e. The van der Waals surface area contributed by atoms with Crippen molar-refractivity contribution in [1.82, 2.24) is 10.4 Å². The van der Waals surface area contributed by atoms with Crippen molar-refractivity contribution in [2.75, 3.05) is 21.3 Å². The first kappa shape index (κ1) is 17.0. The van der Waals surface area contributed by atoms with E-state index in [9.17, 15) is 4.79 Å². The van der Waals surface area contributed by atoms with Crippen LogP contribution in [0.3, 0.4) is 0 Å². The number of hydroxylamine groups is 2. The standard InChI is InChI=1S/C18H26N2O4/c1-17(12-13-7-8-14(22-2)15(11-13)23-3)16(21)20(24-4)18(19-17)9-5-6-10-18/h7-8,11,19H,5-6,9-10,12H2,1-4H3/t17-/m0/s1. The van der Waals surface area contributed by atoms with Gasteiger partial charge in [-0.2, -0.15) is 5.06 Å². The molecule has 1 saturated heterocycles. The number of hydrogen-bond acceptors (Lipinski definition) is 5. The van der Waals surface area contributed by atoms with Gasteiger partial charge in [0, 0.05) is 0 Å². The summed E-state index contributed by atoms with van der Waals surface area (Å²) in [6.45, 7) is 1.95. The van der Waals surface area contributed by atoms with E-state index < -0.39 is 5.54 Å². The van der Waals surface area contributed by atoms with E-state index >= 15 is 0 Å². The predicted octanol–water partition coefficient (Wildman–Crippen LogP) is 2.27. The first-order chi connectivity index (χ1) is 11.5. The molecule has 0 unspecified atom stereocenters. The predicted molar refractivity (Wildman–Crippen MR) is 89.8 cm³/mol. The van der Waals surface area contributed by atoms with E-state index in [-0.39, 0.29) is 11.6 Å². The van der Waals surface area contributed by atoms with Crippen molar-refractivity contribution in [3.8, 4) is 11.5 Å². The highest BCUT2D eigenvalue weighted by Gasteiger charge is 2.58. The molecule has 0 aromatic heterocycles. The van der Waals surface area contributed by atoms with Crippen molar-refractivity contribution in [1.29, 1.82) is 0 Å². The molecule has 1 aromatic rings. The third kappa shape index (κ3) is 2.63. The highest BCUT2D eigenvalue weighted by atomic mass is 16.7. The minimum atomic E-state index is -0.694. The largest absolute Gasteiger partial charge is 0.493 e. The summed E-state index contributed by atoms with van der Waals surface area (Å²) in [5.41, 5.74) is -0.0426. The molecule has 0 bridgehead atoms. The van der Waals surface area contributed by atoms with Crippen LogP contribution in [0.2, 0.25) is 0 Å². The molecule has 1 N–H and O–H groups in total. The molecule has 2 aliphatic rings. The Kier molecular flexibility index (Phi) is 4.44. The van der Waals surface area contributed by atoms with Crippen molar-refractivity contribution >= 4 is 5.91 Å². The molecule has 1 aliphatic carbocycles. The van der Waals surface area contributed by atoms with Gasteiger partial charge in [-0.05, 0) is 56.7 Å². The molecule has 6 nitrogen and oxygen atoms in total. The summed E-state index contributed by atoms with van der Waals surface area (Å²) in [4.78, 5) is 18.4. The van der Waals surface area contributed by atoms with Gasteiger partial charge < -0.3 is 9.47 Å². The zero-order valence-electron chi connectivity index (χ0n) is 14.8. The Morgan fingerprint density at radius 1 is 1.12 bits per heavy atom. The van der Waals surface area contributed by atoms with Crippen LogP contribution in [0.1, 0.15) is 38.2 Å². The topological polar surface area (TPSA) is 60.0 Å². The second-order valence-corrected chi connectivity index (χ2v) is 6.84. The molecule has 2 fully saturated rings. The molecule has 0 radical (unpaired) electrons. The number of ether oxygens (including phenoxy) is 2. The number of carbonyl (C=O) groups excluding carboxylic acids is 1. The summed E-state index contributed by atoms with van der Waals surface area (Å²) in [6, 6.07) is 5.77. The zero-order chi connectivity index (χ0) is 17.4. The Labute approximate surface area is 143 Å². The van der Waals surface area contributed by atoms with Crippen LogP contribution in [-0.4, -0.2) is 43.5 Å². The third-order valence-corrected chi connectivity index (χ3v) is 5.17. The number of carbonyl (C=O) groups is 1. The average Bonchev–Trinajstić information content (AvgIpc) is 3.11. The molecule has 1 atom stereocenters. The van der Waals surface area contributed by atoms with Gasteiger partial charge in [0.25, 0.3) is 5.91 Å². The van der Waals surface area contributed by atoms with Crippen LogP contribution in [0.5, 0.6) is 11.5 Å². The summed E-state index contributed by atoms with van der Waals surface area (Å²) in [6.07, 6.45) is 4.62. The molecule has 1 saturated carbocycles. The van der Waals surface area contributed by atoms with E-state index in [0.717, 1.165) is 31.2 Å². The fourth-order valence-corrected chi connectivity index (χ4v) is 4.10. The molecule has 6 heteroatoms. The third-order valence-electron chi connectivity index (χ3n) is 5.17. The van der Waals surface area contributed by atoms with Gasteiger partial charge >= 0.3 is 0 Å². The van der Waals surface area contributed by atoms with E-state index in [1.54, 1.807) is 26.4 Å². The van der Waals surface area contributed by atoms with Gasteiger partial charge in [-0.3, -0.25) is 14.9 Å². The highest BCUT2D eigenvalue weighted by Crippen LogP contribution is 2.42. The lowest BCUT2D eigenvalue weighted by Crippen LogP contribution is -2.52. The molecule has 1 aliphatic heterocycles. The summed E-state index contributed by atoms with van der Waals surface area (Å²) >= 11 is 0. The van der Waals surface area contributed by atoms with Gasteiger partial charge in [-0.25, -0.2) is 0 Å². The summed E-state index contributed by atoms with van der Waals surface area (Å²) < 4.78 is 10.7. The van der Waals surface area contributed by atoms with E-state index in [1.165, 1.54) is 0 Å². The van der Waals surface area contributed by atoms with E-state index in [1.807, 2.05) is 25.1 Å². The Hall–Kier alpha value is -1.79. The normalized spacial score (nSPS) is 25.5. The summed E-state index contributed by atoms with van der Waals surface area (Å²) in [5.74, 6) is 1.34. The number of rotatable bonds is 5. The van der Waals surface area contributed by atoms with E-state index in [0.29, 0.717) is 17.9 Å². The molecule has 3 rings (SSSR count). The molecule has 1 amide bonds. The molecule has 1 aromatic carbocycles. The van der Waals surface area contributed by atoms with Crippen LogP contribution < -0.4 is 14.8 Å². The Morgan fingerprint density at radius 3 is 2.38 bits per heavy atom. The maximum absolute atomic E-state index is 13.0. The Balaban J connectivity index is 1.87. The number of methoxy groups -OCH3 is 2. The van der Waals surface area contributed by atoms with E-state index in [4.69, 9.17) is 14.3 Å². The quantitative estimate of drug-likeness (QED) is 0.895.